The number of aryl methyl sites for hydroxylation is 1. The predicted octanol–water partition coefficient (Wildman–Crippen LogP) is 3.73. The van der Waals surface area contributed by atoms with Gasteiger partial charge in [-0.25, -0.2) is 0 Å². The molecule has 26 heavy (non-hydrogen) atoms. The van der Waals surface area contributed by atoms with Crippen molar-refractivity contribution >= 4 is 34.4 Å². The van der Waals surface area contributed by atoms with E-state index in [-0.39, 0.29) is 5.91 Å². The number of carboxylic acids is 1. The molecule has 132 valence electrons. The first-order valence-electron chi connectivity index (χ1n) is 8.42. The van der Waals surface area contributed by atoms with E-state index in [4.69, 9.17) is 11.6 Å². The van der Waals surface area contributed by atoms with E-state index in [1.807, 2.05) is 30.3 Å². The molecule has 0 bridgehead atoms. The van der Waals surface area contributed by atoms with Crippen LogP contribution in [0.2, 0.25) is 5.02 Å². The lowest BCUT2D eigenvalue weighted by molar-refractivity contribution is -0.139. The summed E-state index contributed by atoms with van der Waals surface area (Å²) in [5.41, 5.74) is 3.01. The molecule has 0 saturated heterocycles. The number of aromatic nitrogens is 1. The molecule has 0 fully saturated rings. The number of aliphatic carboxylic acids is 1. The Kier molecular flexibility index (Phi) is 4.17. The van der Waals surface area contributed by atoms with Crippen LogP contribution in [0.1, 0.15) is 34.0 Å². The van der Waals surface area contributed by atoms with E-state index in [1.165, 1.54) is 0 Å². The molecule has 2 atom stereocenters. The third-order valence-electron chi connectivity index (χ3n) is 4.93. The standard InChI is InChI=1S/C20H17ClN2O3/c21-13-6-8-15-12(9-13)10-17(22-15)19(24)23-16-7-5-11-3-1-2-4-14(11)18(16)20(25)26/h1-4,6,8-10,16,18,22H,5,7H2,(H,23,24)(H,25,26). The Balaban J connectivity index is 1.61. The minimum absolute atomic E-state index is 0.312. The quantitative estimate of drug-likeness (QED) is 0.658. The zero-order chi connectivity index (χ0) is 18.3. The molecule has 0 radical (unpaired) electrons. The monoisotopic (exact) mass is 368 g/mol. The normalized spacial score (nSPS) is 19.1. The minimum Gasteiger partial charge on any atom is -0.481 e. The van der Waals surface area contributed by atoms with E-state index in [0.717, 1.165) is 28.5 Å². The van der Waals surface area contributed by atoms with E-state index in [9.17, 15) is 14.7 Å². The van der Waals surface area contributed by atoms with Crippen molar-refractivity contribution in [1.29, 1.82) is 0 Å². The Hall–Kier alpha value is -2.79. The highest BCUT2D eigenvalue weighted by molar-refractivity contribution is 6.31. The van der Waals surface area contributed by atoms with E-state index in [0.29, 0.717) is 17.1 Å². The summed E-state index contributed by atoms with van der Waals surface area (Å²) in [4.78, 5) is 27.6. The number of hydrogen-bond donors (Lipinski definition) is 3. The van der Waals surface area contributed by atoms with Crippen LogP contribution in [0.15, 0.2) is 48.5 Å². The van der Waals surface area contributed by atoms with Crippen molar-refractivity contribution in [2.24, 2.45) is 0 Å². The van der Waals surface area contributed by atoms with E-state index in [1.54, 1.807) is 18.2 Å². The molecule has 1 amide bonds. The second-order valence-electron chi connectivity index (χ2n) is 6.55. The van der Waals surface area contributed by atoms with Gasteiger partial charge in [-0.3, -0.25) is 9.59 Å². The Morgan fingerprint density at radius 2 is 1.96 bits per heavy atom. The second-order valence-corrected chi connectivity index (χ2v) is 6.98. The fraction of sp³-hybridized carbons (Fsp3) is 0.200. The molecular weight excluding hydrogens is 352 g/mol. The molecule has 2 aromatic carbocycles. The van der Waals surface area contributed by atoms with Crippen LogP contribution in [0.3, 0.4) is 0 Å². The molecule has 1 heterocycles. The summed E-state index contributed by atoms with van der Waals surface area (Å²) in [6.07, 6.45) is 1.33. The number of carbonyl (C=O) groups excluding carboxylic acids is 1. The first kappa shape index (κ1) is 16.7. The van der Waals surface area contributed by atoms with Gasteiger partial charge in [0.25, 0.3) is 5.91 Å². The van der Waals surface area contributed by atoms with Crippen LogP contribution >= 0.6 is 11.6 Å². The number of fused-ring (bicyclic) bond motifs is 2. The average molecular weight is 369 g/mol. The van der Waals surface area contributed by atoms with Gasteiger partial charge in [-0.05, 0) is 48.2 Å². The van der Waals surface area contributed by atoms with Crippen LogP contribution < -0.4 is 5.32 Å². The number of benzene rings is 2. The van der Waals surface area contributed by atoms with Crippen molar-refractivity contribution in [2.75, 3.05) is 0 Å². The van der Waals surface area contributed by atoms with Crippen LogP contribution in [0, 0.1) is 0 Å². The SMILES string of the molecule is O=C(NC1CCc2ccccc2C1C(=O)O)c1cc2cc(Cl)ccc2[nH]1. The van der Waals surface area contributed by atoms with Crippen LogP contribution in [0.5, 0.6) is 0 Å². The van der Waals surface area contributed by atoms with E-state index < -0.39 is 17.9 Å². The lowest BCUT2D eigenvalue weighted by Gasteiger charge is -2.31. The summed E-state index contributed by atoms with van der Waals surface area (Å²) >= 11 is 5.99. The summed E-state index contributed by atoms with van der Waals surface area (Å²) in [6.45, 7) is 0. The van der Waals surface area contributed by atoms with Gasteiger partial charge in [-0.2, -0.15) is 0 Å². The molecule has 3 N–H and O–H groups in total. The third kappa shape index (κ3) is 2.95. The van der Waals surface area contributed by atoms with Gasteiger partial charge in [0.05, 0.1) is 0 Å². The number of carboxylic acid groups (broad SMARTS) is 1. The summed E-state index contributed by atoms with van der Waals surface area (Å²) < 4.78 is 0. The van der Waals surface area contributed by atoms with Gasteiger partial charge in [0, 0.05) is 22.0 Å². The summed E-state index contributed by atoms with van der Waals surface area (Å²) in [6, 6.07) is 14.1. The van der Waals surface area contributed by atoms with Crippen LogP contribution in [0.25, 0.3) is 10.9 Å². The fourth-order valence-corrected chi connectivity index (χ4v) is 3.87. The molecule has 2 unspecified atom stereocenters. The number of rotatable bonds is 3. The van der Waals surface area contributed by atoms with Crippen LogP contribution in [0.4, 0.5) is 0 Å². The van der Waals surface area contributed by atoms with Gasteiger partial charge in [0.1, 0.15) is 11.6 Å². The second kappa shape index (κ2) is 6.50. The average Bonchev–Trinajstić information content (AvgIpc) is 3.04. The number of H-pyrrole nitrogens is 1. The number of nitrogens with one attached hydrogen (secondary N) is 2. The van der Waals surface area contributed by atoms with Crippen molar-refractivity contribution in [2.45, 2.75) is 24.8 Å². The van der Waals surface area contributed by atoms with Crippen molar-refractivity contribution in [3.8, 4) is 0 Å². The highest BCUT2D eigenvalue weighted by atomic mass is 35.5. The highest BCUT2D eigenvalue weighted by Gasteiger charge is 2.35. The number of aromatic amines is 1. The molecular formula is C20H17ClN2O3. The topological polar surface area (TPSA) is 82.2 Å². The van der Waals surface area contributed by atoms with Gasteiger partial charge in [-0.15, -0.1) is 0 Å². The van der Waals surface area contributed by atoms with Gasteiger partial charge in [0.15, 0.2) is 0 Å². The number of hydrogen-bond acceptors (Lipinski definition) is 2. The summed E-state index contributed by atoms with van der Waals surface area (Å²) in [5, 5.41) is 14.0. The zero-order valence-corrected chi connectivity index (χ0v) is 14.6. The fourth-order valence-electron chi connectivity index (χ4n) is 3.69. The minimum atomic E-state index is -0.925. The predicted molar refractivity (Wildman–Crippen MR) is 99.7 cm³/mol. The van der Waals surface area contributed by atoms with Crippen molar-refractivity contribution in [1.82, 2.24) is 10.3 Å². The van der Waals surface area contributed by atoms with Crippen molar-refractivity contribution < 1.29 is 14.7 Å². The maximum atomic E-state index is 12.7. The molecule has 1 aliphatic rings. The van der Waals surface area contributed by atoms with Gasteiger partial charge in [-0.1, -0.05) is 35.9 Å². The van der Waals surface area contributed by atoms with Gasteiger partial charge in [0.2, 0.25) is 0 Å². The smallest absolute Gasteiger partial charge is 0.313 e. The Bertz CT molecular complexity index is 1010. The van der Waals surface area contributed by atoms with Crippen molar-refractivity contribution in [3.05, 3.63) is 70.4 Å². The molecule has 0 aliphatic heterocycles. The molecule has 0 spiro atoms. The molecule has 3 aromatic rings. The largest absolute Gasteiger partial charge is 0.481 e. The van der Waals surface area contributed by atoms with Crippen molar-refractivity contribution in [3.63, 3.8) is 0 Å². The molecule has 1 aromatic heterocycles. The first-order valence-corrected chi connectivity index (χ1v) is 8.80. The number of amides is 1. The lowest BCUT2D eigenvalue weighted by Crippen LogP contribution is -2.44. The van der Waals surface area contributed by atoms with E-state index >= 15 is 0 Å². The van der Waals surface area contributed by atoms with Crippen LogP contribution in [-0.2, 0) is 11.2 Å². The third-order valence-corrected chi connectivity index (χ3v) is 5.16. The van der Waals surface area contributed by atoms with Gasteiger partial charge < -0.3 is 15.4 Å². The molecule has 4 rings (SSSR count). The Morgan fingerprint density at radius 3 is 2.77 bits per heavy atom. The van der Waals surface area contributed by atoms with Gasteiger partial charge >= 0.3 is 5.97 Å². The molecule has 5 nitrogen and oxygen atoms in total. The maximum absolute atomic E-state index is 12.7. The Labute approximate surface area is 155 Å². The lowest BCUT2D eigenvalue weighted by atomic mass is 9.79. The Morgan fingerprint density at radius 1 is 1.15 bits per heavy atom. The summed E-state index contributed by atoms with van der Waals surface area (Å²) in [5.74, 6) is -1.98. The van der Waals surface area contributed by atoms with Crippen LogP contribution in [-0.4, -0.2) is 28.0 Å². The first-order chi connectivity index (χ1) is 12.5. The molecule has 0 saturated carbocycles. The highest BCUT2D eigenvalue weighted by Crippen LogP contribution is 2.32. The maximum Gasteiger partial charge on any atom is 0.313 e. The zero-order valence-electron chi connectivity index (χ0n) is 13.8. The molecule has 6 heteroatoms. The summed E-state index contributed by atoms with van der Waals surface area (Å²) in [7, 11) is 0. The number of halogens is 1. The van der Waals surface area contributed by atoms with E-state index in [2.05, 4.69) is 10.3 Å². The number of carbonyl (C=O) groups is 2. The molecule has 1 aliphatic carbocycles.